The maximum absolute atomic E-state index is 14.1. The van der Waals surface area contributed by atoms with E-state index >= 15 is 0 Å². The lowest BCUT2D eigenvalue weighted by Gasteiger charge is -2.21. The van der Waals surface area contributed by atoms with Crippen LogP contribution in [0.2, 0.25) is 5.02 Å². The number of hydrogen-bond acceptors (Lipinski definition) is 6. The molecule has 0 aliphatic heterocycles. The molecule has 0 aliphatic rings. The molecule has 0 saturated heterocycles. The first kappa shape index (κ1) is 32.6. The molecule has 232 valence electrons. The molecular weight excluding hydrogens is 626 g/mol. The Labute approximate surface area is 255 Å². The molecule has 0 radical (unpaired) electrons. The molecule has 15 heteroatoms. The molecule has 4 N–H and O–H groups in total. The van der Waals surface area contributed by atoms with Gasteiger partial charge in [0.05, 0.1) is 27.7 Å². The quantitative estimate of drug-likeness (QED) is 0.166. The number of amides is 1. The predicted octanol–water partition coefficient (Wildman–Crippen LogP) is 5.60. The highest BCUT2D eigenvalue weighted by molar-refractivity contribution is 7.92. The molecule has 2 aromatic carbocycles. The van der Waals surface area contributed by atoms with E-state index in [4.69, 9.17) is 17.3 Å². The SMILES string of the molecule is CC(C)(C#Cc1ccc(-c2ccc(Cl)c3c(N)nn(CC(F)F)c23)c([C@H](Cc2cc(F)cc(F)c2)NC(=O)O)n1)S(C)(=O)=O. The van der Waals surface area contributed by atoms with E-state index in [1.54, 1.807) is 0 Å². The normalized spacial score (nSPS) is 12.7. The fourth-order valence-electron chi connectivity index (χ4n) is 4.46. The number of fused-ring (bicyclic) bond motifs is 1. The largest absolute Gasteiger partial charge is 0.465 e. The summed E-state index contributed by atoms with van der Waals surface area (Å²) in [5.41, 5.74) is 6.71. The third-order valence-electron chi connectivity index (χ3n) is 6.80. The van der Waals surface area contributed by atoms with Gasteiger partial charge in [0.15, 0.2) is 15.7 Å². The second kappa shape index (κ2) is 12.3. The minimum atomic E-state index is -3.61. The highest BCUT2D eigenvalue weighted by Crippen LogP contribution is 2.39. The third-order valence-corrected chi connectivity index (χ3v) is 9.08. The van der Waals surface area contributed by atoms with Gasteiger partial charge >= 0.3 is 6.09 Å². The van der Waals surface area contributed by atoms with Gasteiger partial charge < -0.3 is 16.2 Å². The van der Waals surface area contributed by atoms with Crippen LogP contribution in [0, 0.1) is 23.5 Å². The summed E-state index contributed by atoms with van der Waals surface area (Å²) < 4.78 is 79.1. The first-order valence-corrected chi connectivity index (χ1v) is 15.1. The number of rotatable bonds is 8. The van der Waals surface area contributed by atoms with Crippen molar-refractivity contribution in [3.63, 3.8) is 0 Å². The van der Waals surface area contributed by atoms with E-state index in [0.717, 1.165) is 23.1 Å². The van der Waals surface area contributed by atoms with Crippen molar-refractivity contribution in [2.45, 2.75) is 44.0 Å². The Morgan fingerprint density at radius 3 is 2.36 bits per heavy atom. The molecule has 0 aliphatic carbocycles. The van der Waals surface area contributed by atoms with Crippen molar-refractivity contribution in [2.24, 2.45) is 0 Å². The summed E-state index contributed by atoms with van der Waals surface area (Å²) in [6, 6.07) is 7.31. The van der Waals surface area contributed by atoms with Crippen LogP contribution in [0.4, 0.5) is 28.2 Å². The third kappa shape index (κ3) is 7.06. The molecule has 9 nitrogen and oxygen atoms in total. The zero-order chi connectivity index (χ0) is 32.6. The van der Waals surface area contributed by atoms with E-state index in [9.17, 15) is 35.9 Å². The van der Waals surface area contributed by atoms with Gasteiger partial charge in [-0.1, -0.05) is 23.6 Å². The number of pyridine rings is 1. The lowest BCUT2D eigenvalue weighted by atomic mass is 9.94. The second-order valence-electron chi connectivity index (χ2n) is 10.4. The van der Waals surface area contributed by atoms with E-state index < -0.39 is 51.3 Å². The molecule has 1 amide bonds. The van der Waals surface area contributed by atoms with Crippen LogP contribution < -0.4 is 11.1 Å². The van der Waals surface area contributed by atoms with Crippen LogP contribution in [-0.2, 0) is 22.8 Å². The number of hydrogen-bond donors (Lipinski definition) is 3. The van der Waals surface area contributed by atoms with Crippen molar-refractivity contribution >= 4 is 44.3 Å². The molecule has 0 saturated carbocycles. The van der Waals surface area contributed by atoms with Crippen LogP contribution in [0.1, 0.15) is 36.8 Å². The summed E-state index contributed by atoms with van der Waals surface area (Å²) in [6.07, 6.45) is -3.58. The Kier molecular flexibility index (Phi) is 9.13. The van der Waals surface area contributed by atoms with Crippen molar-refractivity contribution in [3.05, 3.63) is 76.1 Å². The maximum atomic E-state index is 14.1. The van der Waals surface area contributed by atoms with E-state index in [2.05, 4.69) is 27.2 Å². The first-order valence-electron chi connectivity index (χ1n) is 12.9. The number of nitrogens with two attached hydrogens (primary N) is 1. The van der Waals surface area contributed by atoms with Crippen molar-refractivity contribution in [1.29, 1.82) is 0 Å². The van der Waals surface area contributed by atoms with Crippen LogP contribution in [-0.4, -0.2) is 51.8 Å². The van der Waals surface area contributed by atoms with Gasteiger partial charge in [-0.3, -0.25) is 4.68 Å². The highest BCUT2D eigenvalue weighted by atomic mass is 35.5. The average Bonchev–Trinajstić information content (AvgIpc) is 3.21. The van der Waals surface area contributed by atoms with Crippen LogP contribution in [0.25, 0.3) is 22.0 Å². The van der Waals surface area contributed by atoms with Crippen molar-refractivity contribution in [1.82, 2.24) is 20.1 Å². The number of carboxylic acid groups (broad SMARTS) is 1. The van der Waals surface area contributed by atoms with Gasteiger partial charge in [-0.2, -0.15) is 5.10 Å². The minimum Gasteiger partial charge on any atom is -0.465 e. The zero-order valence-corrected chi connectivity index (χ0v) is 25.1. The smallest absolute Gasteiger partial charge is 0.405 e. The zero-order valence-electron chi connectivity index (χ0n) is 23.5. The van der Waals surface area contributed by atoms with Gasteiger partial charge in [0.1, 0.15) is 28.6 Å². The number of benzene rings is 2. The first-order chi connectivity index (χ1) is 20.5. The number of nitrogens with zero attached hydrogens (tertiary/aromatic N) is 3. The van der Waals surface area contributed by atoms with Crippen molar-refractivity contribution < 1.29 is 35.9 Å². The number of nitrogens with one attached hydrogen (secondary N) is 1. The molecule has 0 unspecified atom stereocenters. The van der Waals surface area contributed by atoms with Gasteiger partial charge in [0.25, 0.3) is 6.43 Å². The van der Waals surface area contributed by atoms with Crippen LogP contribution in [0.15, 0.2) is 42.5 Å². The van der Waals surface area contributed by atoms with Crippen LogP contribution in [0.5, 0.6) is 0 Å². The molecule has 0 bridgehead atoms. The lowest BCUT2D eigenvalue weighted by molar-refractivity contribution is 0.123. The Bertz CT molecular complexity index is 1920. The number of anilines is 1. The highest BCUT2D eigenvalue weighted by Gasteiger charge is 2.28. The van der Waals surface area contributed by atoms with Crippen LogP contribution >= 0.6 is 11.6 Å². The number of halogens is 5. The summed E-state index contributed by atoms with van der Waals surface area (Å²) >= 11 is 6.36. The predicted molar refractivity (Wildman–Crippen MR) is 158 cm³/mol. The molecule has 2 aromatic heterocycles. The van der Waals surface area contributed by atoms with Gasteiger partial charge in [-0.15, -0.1) is 0 Å². The number of sulfone groups is 1. The van der Waals surface area contributed by atoms with E-state index in [1.165, 1.54) is 38.1 Å². The number of nitrogen functional groups attached to an aromatic ring is 1. The molecule has 1 atom stereocenters. The van der Waals surface area contributed by atoms with Crippen LogP contribution in [0.3, 0.4) is 0 Å². The number of carbonyl (C=O) groups is 1. The maximum Gasteiger partial charge on any atom is 0.405 e. The van der Waals surface area contributed by atoms with Gasteiger partial charge in [-0.05, 0) is 62.1 Å². The Morgan fingerprint density at radius 1 is 1.14 bits per heavy atom. The average molecular weight is 652 g/mol. The van der Waals surface area contributed by atoms with E-state index in [-0.39, 0.29) is 56.2 Å². The Morgan fingerprint density at radius 2 is 1.77 bits per heavy atom. The van der Waals surface area contributed by atoms with Crippen molar-refractivity contribution in [2.75, 3.05) is 12.0 Å². The second-order valence-corrected chi connectivity index (χ2v) is 13.4. The number of alkyl halides is 2. The van der Waals surface area contributed by atoms with E-state index in [1.807, 2.05) is 0 Å². The topological polar surface area (TPSA) is 140 Å². The molecular formula is C29H26ClF4N5O4S. The molecule has 44 heavy (non-hydrogen) atoms. The van der Waals surface area contributed by atoms with E-state index in [0.29, 0.717) is 6.07 Å². The summed E-state index contributed by atoms with van der Waals surface area (Å²) in [7, 11) is -3.61. The van der Waals surface area contributed by atoms with Gasteiger partial charge in [0, 0.05) is 23.4 Å². The fraction of sp³-hybridized carbons (Fsp3) is 0.276. The van der Waals surface area contributed by atoms with Crippen molar-refractivity contribution in [3.8, 4) is 23.0 Å². The Hall–Kier alpha value is -4.35. The molecule has 4 aromatic rings. The minimum absolute atomic E-state index is 0.00646. The summed E-state index contributed by atoms with van der Waals surface area (Å²) in [5, 5.41) is 16.3. The number of aromatic nitrogens is 3. The molecule has 0 spiro atoms. The summed E-state index contributed by atoms with van der Waals surface area (Å²) in [5.74, 6) is 3.44. The molecule has 2 heterocycles. The van der Waals surface area contributed by atoms with Gasteiger partial charge in [-0.25, -0.2) is 35.8 Å². The standard InChI is InChI=1S/C29H26ClF4N5O4S/c1-29(2,44(3,42)43)9-8-18-4-5-19(20-6-7-21(30)24-26(20)39(14-23(33)34)38-27(24)35)25(36-18)22(37-28(40)41)12-15-10-16(31)13-17(32)11-15/h4-7,10-11,13,22-23,37H,12,14H2,1-3H3,(H2,35,38)(H,40,41)/t22-/m0/s1. The fourth-order valence-corrected chi connectivity index (χ4v) is 4.95. The monoisotopic (exact) mass is 651 g/mol. The molecule has 0 fully saturated rings. The Balaban J connectivity index is 2.02. The summed E-state index contributed by atoms with van der Waals surface area (Å²) in [4.78, 5) is 16.5. The molecule has 4 rings (SSSR count). The lowest BCUT2D eigenvalue weighted by Crippen LogP contribution is -2.30. The summed E-state index contributed by atoms with van der Waals surface area (Å²) in [6.45, 7) is 1.96. The van der Waals surface area contributed by atoms with Gasteiger partial charge in [0.2, 0.25) is 0 Å².